The molecule has 0 radical (unpaired) electrons. The summed E-state index contributed by atoms with van der Waals surface area (Å²) in [5, 5.41) is 0. The monoisotopic (exact) mass is 502 g/mol. The normalized spacial score (nSPS) is 16.6. The van der Waals surface area contributed by atoms with E-state index in [-0.39, 0.29) is 5.97 Å². The summed E-state index contributed by atoms with van der Waals surface area (Å²) >= 11 is 0. The fourth-order valence-electron chi connectivity index (χ4n) is 4.77. The van der Waals surface area contributed by atoms with Crippen LogP contribution in [0.25, 0.3) is 0 Å². The Bertz CT molecular complexity index is 971. The Morgan fingerprint density at radius 2 is 1.41 bits per heavy atom. The molecule has 3 nitrogen and oxygen atoms in total. The molecule has 0 heterocycles. The van der Waals surface area contributed by atoms with Crippen LogP contribution in [-0.4, -0.2) is 18.2 Å². The average molecular weight is 503 g/mol. The Hall–Kier alpha value is -2.81. The van der Waals surface area contributed by atoms with Gasteiger partial charge in [0, 0.05) is 6.42 Å². The summed E-state index contributed by atoms with van der Waals surface area (Å²) in [7, 11) is 0. The number of allylic oxidation sites excluding steroid dienone is 2. The van der Waals surface area contributed by atoms with E-state index >= 15 is 0 Å². The van der Waals surface area contributed by atoms with E-state index in [1.165, 1.54) is 62.5 Å². The van der Waals surface area contributed by atoms with E-state index in [0.29, 0.717) is 12.0 Å². The molecule has 0 aromatic heterocycles. The van der Waals surface area contributed by atoms with E-state index < -0.39 is 5.60 Å². The lowest BCUT2D eigenvalue weighted by Gasteiger charge is -2.31. The van der Waals surface area contributed by atoms with Gasteiger partial charge < -0.3 is 9.47 Å². The van der Waals surface area contributed by atoms with Gasteiger partial charge in [-0.05, 0) is 73.6 Å². The van der Waals surface area contributed by atoms with Crippen LogP contribution in [0, 0.1) is 0 Å². The van der Waals surface area contributed by atoms with Crippen molar-refractivity contribution in [3.8, 4) is 5.75 Å². The molecule has 1 aliphatic carbocycles. The zero-order chi connectivity index (χ0) is 26.2. The second-order valence-corrected chi connectivity index (χ2v) is 10.4. The van der Waals surface area contributed by atoms with Crippen LogP contribution in [0.5, 0.6) is 5.75 Å². The van der Waals surface area contributed by atoms with Crippen LogP contribution in [0.15, 0.2) is 72.8 Å². The number of carbonyl (C=O) groups is 1. The van der Waals surface area contributed by atoms with Crippen molar-refractivity contribution in [1.29, 1.82) is 0 Å². The SMILES string of the molecule is CCCCCCCCOc1ccc(C(=O)OC2(CCc3ccc(CCCCC)cc3)C=CC=CC2)cc1. The number of hydrogen-bond donors (Lipinski definition) is 0. The minimum absolute atomic E-state index is 0.284. The molecule has 0 saturated heterocycles. The molecule has 0 bridgehead atoms. The third-order valence-electron chi connectivity index (χ3n) is 7.19. The first-order valence-corrected chi connectivity index (χ1v) is 14.5. The van der Waals surface area contributed by atoms with Crippen molar-refractivity contribution in [2.45, 2.75) is 103 Å². The third-order valence-corrected chi connectivity index (χ3v) is 7.19. The highest BCUT2D eigenvalue weighted by Gasteiger charge is 2.31. The fraction of sp³-hybridized carbons (Fsp3) is 0.500. The number of benzene rings is 2. The summed E-state index contributed by atoms with van der Waals surface area (Å²) < 4.78 is 12.0. The summed E-state index contributed by atoms with van der Waals surface area (Å²) in [6.07, 6.45) is 22.8. The summed E-state index contributed by atoms with van der Waals surface area (Å²) in [6.45, 7) is 5.19. The van der Waals surface area contributed by atoms with Gasteiger partial charge in [0.15, 0.2) is 0 Å². The maximum Gasteiger partial charge on any atom is 0.339 e. The van der Waals surface area contributed by atoms with E-state index in [2.05, 4.69) is 44.2 Å². The van der Waals surface area contributed by atoms with Crippen molar-refractivity contribution in [3.05, 3.63) is 89.5 Å². The van der Waals surface area contributed by atoms with Gasteiger partial charge in [0.1, 0.15) is 11.4 Å². The topological polar surface area (TPSA) is 35.5 Å². The molecule has 1 atom stereocenters. The van der Waals surface area contributed by atoms with Crippen LogP contribution in [0.3, 0.4) is 0 Å². The molecule has 3 rings (SSSR count). The first kappa shape index (κ1) is 28.8. The van der Waals surface area contributed by atoms with Crippen molar-refractivity contribution in [2.24, 2.45) is 0 Å². The fourth-order valence-corrected chi connectivity index (χ4v) is 4.77. The van der Waals surface area contributed by atoms with Gasteiger partial charge in [-0.3, -0.25) is 0 Å². The Labute approximate surface area is 225 Å². The van der Waals surface area contributed by atoms with Gasteiger partial charge in [-0.2, -0.15) is 0 Å². The molecule has 0 spiro atoms. The highest BCUT2D eigenvalue weighted by Crippen LogP contribution is 2.30. The van der Waals surface area contributed by atoms with Crippen molar-refractivity contribution in [2.75, 3.05) is 6.61 Å². The second kappa shape index (κ2) is 16.1. The lowest BCUT2D eigenvalue weighted by molar-refractivity contribution is 0.00122. The van der Waals surface area contributed by atoms with E-state index in [0.717, 1.165) is 38.0 Å². The quantitative estimate of drug-likeness (QED) is 0.160. The molecule has 0 saturated carbocycles. The molecule has 0 amide bonds. The van der Waals surface area contributed by atoms with E-state index in [1.807, 2.05) is 42.5 Å². The summed E-state index contributed by atoms with van der Waals surface area (Å²) in [5.41, 5.74) is 2.63. The molecule has 3 heteroatoms. The smallest absolute Gasteiger partial charge is 0.339 e. The summed E-state index contributed by atoms with van der Waals surface area (Å²) in [5.74, 6) is 0.521. The maximum absolute atomic E-state index is 13.1. The van der Waals surface area contributed by atoms with Crippen LogP contribution >= 0.6 is 0 Å². The molecule has 37 heavy (non-hydrogen) atoms. The largest absolute Gasteiger partial charge is 0.494 e. The predicted octanol–water partition coefficient (Wildman–Crippen LogP) is 9.20. The summed E-state index contributed by atoms with van der Waals surface area (Å²) in [6, 6.07) is 16.3. The van der Waals surface area contributed by atoms with Crippen molar-refractivity contribution in [3.63, 3.8) is 0 Å². The van der Waals surface area contributed by atoms with E-state index in [9.17, 15) is 4.79 Å². The first-order valence-electron chi connectivity index (χ1n) is 14.5. The minimum atomic E-state index is -0.613. The van der Waals surface area contributed by atoms with Crippen LogP contribution in [0.2, 0.25) is 0 Å². The van der Waals surface area contributed by atoms with Crippen molar-refractivity contribution in [1.82, 2.24) is 0 Å². The van der Waals surface area contributed by atoms with Crippen molar-refractivity contribution < 1.29 is 14.3 Å². The second-order valence-electron chi connectivity index (χ2n) is 10.4. The number of carbonyl (C=O) groups excluding carboxylic acids is 1. The predicted molar refractivity (Wildman–Crippen MR) is 154 cm³/mol. The van der Waals surface area contributed by atoms with Gasteiger partial charge in [-0.1, -0.05) is 101 Å². The highest BCUT2D eigenvalue weighted by atomic mass is 16.6. The maximum atomic E-state index is 13.1. The number of esters is 1. The standard InChI is InChI=1S/C34H46O3/c1-3-5-7-8-9-14-28-36-32-22-20-31(21-23-32)33(35)37-34(25-12-10-13-26-34)27-24-30-18-16-29(17-19-30)15-11-6-4-2/h10,12-13,16-23,25H,3-9,11,14-15,24,26-28H2,1-2H3. The van der Waals surface area contributed by atoms with Gasteiger partial charge in [0.05, 0.1) is 12.2 Å². The molecule has 200 valence electrons. The molecular weight excluding hydrogens is 456 g/mol. The molecule has 0 aliphatic heterocycles. The molecule has 1 aliphatic rings. The van der Waals surface area contributed by atoms with Gasteiger partial charge >= 0.3 is 5.97 Å². The molecule has 2 aromatic carbocycles. The Morgan fingerprint density at radius 3 is 2.08 bits per heavy atom. The number of unbranched alkanes of at least 4 members (excludes halogenated alkanes) is 7. The zero-order valence-electron chi connectivity index (χ0n) is 23.1. The Balaban J connectivity index is 1.49. The summed E-state index contributed by atoms with van der Waals surface area (Å²) in [4.78, 5) is 13.1. The zero-order valence-corrected chi connectivity index (χ0v) is 23.1. The molecule has 0 fully saturated rings. The number of ether oxygens (including phenoxy) is 2. The minimum Gasteiger partial charge on any atom is -0.494 e. The van der Waals surface area contributed by atoms with Crippen LogP contribution in [0.1, 0.15) is 106 Å². The van der Waals surface area contributed by atoms with E-state index in [1.54, 1.807) is 0 Å². The van der Waals surface area contributed by atoms with Crippen molar-refractivity contribution >= 4 is 5.97 Å². The molecule has 2 aromatic rings. The van der Waals surface area contributed by atoms with Crippen LogP contribution in [-0.2, 0) is 17.6 Å². The third kappa shape index (κ3) is 10.2. The van der Waals surface area contributed by atoms with Crippen LogP contribution in [0.4, 0.5) is 0 Å². The van der Waals surface area contributed by atoms with Crippen LogP contribution < -0.4 is 4.74 Å². The van der Waals surface area contributed by atoms with Gasteiger partial charge in [0.2, 0.25) is 0 Å². The van der Waals surface area contributed by atoms with Gasteiger partial charge in [0.25, 0.3) is 0 Å². The first-order chi connectivity index (χ1) is 18.1. The van der Waals surface area contributed by atoms with E-state index in [4.69, 9.17) is 9.47 Å². The Morgan fingerprint density at radius 1 is 0.757 bits per heavy atom. The van der Waals surface area contributed by atoms with Gasteiger partial charge in [-0.15, -0.1) is 0 Å². The molecular formula is C34H46O3. The number of hydrogen-bond acceptors (Lipinski definition) is 3. The average Bonchev–Trinajstić information content (AvgIpc) is 2.93. The highest BCUT2D eigenvalue weighted by molar-refractivity contribution is 5.90. The Kier molecular flexibility index (Phi) is 12.5. The lowest BCUT2D eigenvalue weighted by atomic mass is 9.88. The van der Waals surface area contributed by atoms with Gasteiger partial charge in [-0.25, -0.2) is 4.79 Å². The molecule has 0 N–H and O–H groups in total. The number of aryl methyl sites for hydroxylation is 2. The number of rotatable bonds is 17. The molecule has 1 unspecified atom stereocenters. The lowest BCUT2D eigenvalue weighted by Crippen LogP contribution is -2.34.